The molecule has 17 rings (SSSR count). The van der Waals surface area contributed by atoms with Crippen LogP contribution in [0.15, 0.2) is 334 Å². The summed E-state index contributed by atoms with van der Waals surface area (Å²) in [6.45, 7) is 14.4. The molecule has 0 unspecified atom stereocenters. The van der Waals surface area contributed by atoms with Gasteiger partial charge in [-0.25, -0.2) is 0 Å². The molecule has 4 heteroatoms. The summed E-state index contributed by atoms with van der Waals surface area (Å²) in [7, 11) is 0. The van der Waals surface area contributed by atoms with Gasteiger partial charge in [0.05, 0.1) is 24.2 Å². The SMILES string of the molecule is C=Cc1ccc(COCc2ccc(-n3c4ccc(-c5ccc(N(c6ccc(-c7ccccc7)cc6)c6ccc7c(c6)C(C)(C)c6ccccc6-7)cc5)cc4c4cc(-c5ccc(N(c6ccc(-c7ccccc7)cc6)c6ccc7c(c6)C(C)(C)c6ccccc6-7)cc5)ccc43)cc2)cc1. The van der Waals surface area contributed by atoms with Crippen LogP contribution in [0.2, 0.25) is 0 Å². The summed E-state index contributed by atoms with van der Waals surface area (Å²) >= 11 is 0. The molecular weight excluding hydrogens is 1190 g/mol. The third-order valence-corrected chi connectivity index (χ3v) is 20.7. The van der Waals surface area contributed by atoms with Gasteiger partial charge in [-0.3, -0.25) is 0 Å². The predicted octanol–water partition coefficient (Wildman–Crippen LogP) is 25.4. The molecule has 0 saturated heterocycles. The van der Waals surface area contributed by atoms with Crippen LogP contribution in [0.4, 0.5) is 34.1 Å². The molecule has 14 aromatic carbocycles. The molecule has 0 amide bonds. The normalized spacial score (nSPS) is 13.0. The van der Waals surface area contributed by atoms with Crippen LogP contribution in [0.5, 0.6) is 0 Å². The highest BCUT2D eigenvalue weighted by Gasteiger charge is 2.37. The molecule has 2 aliphatic carbocycles. The molecule has 0 spiro atoms. The van der Waals surface area contributed by atoms with Crippen LogP contribution in [0.25, 0.3) is 100 Å². The van der Waals surface area contributed by atoms with Crippen LogP contribution in [0.3, 0.4) is 0 Å². The Bertz CT molecular complexity index is 5200. The molecular formula is C94H73N3O. The topological polar surface area (TPSA) is 20.6 Å². The van der Waals surface area contributed by atoms with E-state index in [-0.39, 0.29) is 10.8 Å². The van der Waals surface area contributed by atoms with Gasteiger partial charge in [0.15, 0.2) is 0 Å². The molecule has 0 fully saturated rings. The number of benzene rings is 14. The number of nitrogens with zero attached hydrogens (tertiary/aromatic N) is 3. The number of ether oxygens (including phenoxy) is 1. The molecule has 0 atom stereocenters. The summed E-state index contributed by atoms with van der Waals surface area (Å²) in [5, 5.41) is 2.37. The smallest absolute Gasteiger partial charge is 0.0721 e. The van der Waals surface area contributed by atoms with Gasteiger partial charge < -0.3 is 19.1 Å². The fourth-order valence-corrected chi connectivity index (χ4v) is 15.5. The fraction of sp³-hybridized carbons (Fsp3) is 0.0851. The molecule has 2 aliphatic rings. The summed E-state index contributed by atoms with van der Waals surface area (Å²) in [6.07, 6.45) is 1.87. The van der Waals surface area contributed by atoms with Crippen LogP contribution in [-0.2, 0) is 28.8 Å². The van der Waals surface area contributed by atoms with Crippen molar-refractivity contribution in [2.24, 2.45) is 0 Å². The number of anilines is 6. The monoisotopic (exact) mass is 1260 g/mol. The lowest BCUT2D eigenvalue weighted by atomic mass is 9.82. The molecule has 1 heterocycles. The summed E-state index contributed by atoms with van der Waals surface area (Å²) in [5.41, 5.74) is 33.1. The van der Waals surface area contributed by atoms with Crippen molar-refractivity contribution < 1.29 is 4.74 Å². The van der Waals surface area contributed by atoms with E-state index in [0.717, 1.165) is 89.8 Å². The lowest BCUT2D eigenvalue weighted by Gasteiger charge is -2.28. The lowest BCUT2D eigenvalue weighted by Crippen LogP contribution is -2.16. The highest BCUT2D eigenvalue weighted by molar-refractivity contribution is 6.12. The minimum Gasteiger partial charge on any atom is -0.372 e. The van der Waals surface area contributed by atoms with Crippen molar-refractivity contribution in [3.05, 3.63) is 373 Å². The zero-order valence-electron chi connectivity index (χ0n) is 55.6. The van der Waals surface area contributed by atoms with E-state index < -0.39 is 0 Å². The van der Waals surface area contributed by atoms with Crippen LogP contribution in [-0.4, -0.2) is 4.57 Å². The van der Waals surface area contributed by atoms with Crippen molar-refractivity contribution in [1.29, 1.82) is 0 Å². The van der Waals surface area contributed by atoms with Gasteiger partial charge in [0.2, 0.25) is 0 Å². The minimum absolute atomic E-state index is 0.144. The zero-order chi connectivity index (χ0) is 66.1. The van der Waals surface area contributed by atoms with E-state index in [1.165, 1.54) is 77.5 Å². The van der Waals surface area contributed by atoms with Gasteiger partial charge in [-0.05, 0) is 215 Å². The highest BCUT2D eigenvalue weighted by Crippen LogP contribution is 2.53. The number of aromatic nitrogens is 1. The van der Waals surface area contributed by atoms with Crippen molar-refractivity contribution in [1.82, 2.24) is 4.57 Å². The molecule has 0 aliphatic heterocycles. The Balaban J connectivity index is 0.740. The fourth-order valence-electron chi connectivity index (χ4n) is 15.5. The third kappa shape index (κ3) is 10.6. The molecule has 4 nitrogen and oxygen atoms in total. The molecule has 1 aromatic heterocycles. The maximum absolute atomic E-state index is 6.26. The van der Waals surface area contributed by atoms with Crippen molar-refractivity contribution in [3.63, 3.8) is 0 Å². The Morgan fingerprint density at radius 1 is 0.306 bits per heavy atom. The van der Waals surface area contributed by atoms with E-state index in [9.17, 15) is 0 Å². The molecule has 470 valence electrons. The Hall–Kier alpha value is -11.8. The first-order chi connectivity index (χ1) is 48.0. The molecule has 0 radical (unpaired) electrons. The summed E-state index contributed by atoms with van der Waals surface area (Å²) in [6, 6.07) is 121. The Morgan fingerprint density at radius 2 is 0.633 bits per heavy atom. The maximum Gasteiger partial charge on any atom is 0.0721 e. The Labute approximate surface area is 574 Å². The number of hydrogen-bond donors (Lipinski definition) is 0. The number of hydrogen-bond acceptors (Lipinski definition) is 3. The first-order valence-corrected chi connectivity index (χ1v) is 34.1. The van der Waals surface area contributed by atoms with E-state index in [1.807, 2.05) is 6.08 Å². The highest BCUT2D eigenvalue weighted by atomic mass is 16.5. The van der Waals surface area contributed by atoms with Crippen LogP contribution in [0, 0.1) is 0 Å². The lowest BCUT2D eigenvalue weighted by molar-refractivity contribution is 0.107. The summed E-state index contributed by atoms with van der Waals surface area (Å²) in [5.74, 6) is 0. The largest absolute Gasteiger partial charge is 0.372 e. The quantitative estimate of drug-likeness (QED) is 0.0962. The first kappa shape index (κ1) is 59.9. The molecule has 15 aromatic rings. The first-order valence-electron chi connectivity index (χ1n) is 34.1. The van der Waals surface area contributed by atoms with E-state index in [2.05, 4.69) is 376 Å². The van der Waals surface area contributed by atoms with E-state index >= 15 is 0 Å². The van der Waals surface area contributed by atoms with Crippen molar-refractivity contribution in [3.8, 4) is 72.4 Å². The molecule has 0 bridgehead atoms. The van der Waals surface area contributed by atoms with Gasteiger partial charge in [0, 0.05) is 61.4 Å². The number of rotatable bonds is 16. The van der Waals surface area contributed by atoms with Gasteiger partial charge in [0.25, 0.3) is 0 Å². The average molecular weight is 1260 g/mol. The van der Waals surface area contributed by atoms with Crippen molar-refractivity contribution in [2.75, 3.05) is 9.80 Å². The minimum atomic E-state index is -0.144. The van der Waals surface area contributed by atoms with Gasteiger partial charge >= 0.3 is 0 Å². The second kappa shape index (κ2) is 24.4. The molecule has 98 heavy (non-hydrogen) atoms. The Morgan fingerprint density at radius 3 is 1.03 bits per heavy atom. The van der Waals surface area contributed by atoms with Gasteiger partial charge in [-0.2, -0.15) is 0 Å². The number of fused-ring (bicyclic) bond motifs is 9. The second-order valence-electron chi connectivity index (χ2n) is 27.3. The van der Waals surface area contributed by atoms with Crippen LogP contribution >= 0.6 is 0 Å². The zero-order valence-corrected chi connectivity index (χ0v) is 55.6. The standard InChI is InChI=1S/C94H73N3O/c1-6-63-25-27-64(28-26-63)61-98-62-65-29-41-78(42-30-65)97-91-55-39-72(70-35-47-76(48-36-70)95(74-43-31-68(32-44-74)66-17-9-7-10-18-66)79-51-53-83-81-21-13-15-23-87(81)93(2,3)89(83)59-79)57-85(91)86-58-73(40-56-92(86)97)71-37-49-77(50-38-71)96(75-45-33-69(34-46-75)67-19-11-8-12-20-67)80-52-54-84-82-22-14-16-24-88(82)94(4,5)90(84)60-80/h6-60H,1,61-62H2,2-5H3. The van der Waals surface area contributed by atoms with E-state index in [4.69, 9.17) is 4.74 Å². The summed E-state index contributed by atoms with van der Waals surface area (Å²) in [4.78, 5) is 4.83. The third-order valence-electron chi connectivity index (χ3n) is 20.7. The van der Waals surface area contributed by atoms with E-state index in [0.29, 0.717) is 13.2 Å². The van der Waals surface area contributed by atoms with Gasteiger partial charge in [-0.15, -0.1) is 0 Å². The summed E-state index contributed by atoms with van der Waals surface area (Å²) < 4.78 is 8.68. The molecule has 0 N–H and O–H groups in total. The van der Waals surface area contributed by atoms with E-state index in [1.54, 1.807) is 0 Å². The predicted molar refractivity (Wildman–Crippen MR) is 412 cm³/mol. The maximum atomic E-state index is 6.26. The van der Waals surface area contributed by atoms with Crippen molar-refractivity contribution >= 4 is 62.0 Å². The van der Waals surface area contributed by atoms with Crippen molar-refractivity contribution in [2.45, 2.75) is 51.7 Å². The average Bonchev–Trinajstić information content (AvgIpc) is 1.59. The van der Waals surface area contributed by atoms with Crippen LogP contribution < -0.4 is 9.80 Å². The van der Waals surface area contributed by atoms with Crippen LogP contribution in [0.1, 0.15) is 66.6 Å². The Kier molecular flexibility index (Phi) is 14.9. The van der Waals surface area contributed by atoms with Gasteiger partial charge in [-0.1, -0.05) is 259 Å². The van der Waals surface area contributed by atoms with Gasteiger partial charge in [0.1, 0.15) is 0 Å². The molecule has 0 saturated carbocycles. The second-order valence-corrected chi connectivity index (χ2v) is 27.3.